The van der Waals surface area contributed by atoms with E-state index in [-0.39, 0.29) is 0 Å². The molecule has 0 saturated heterocycles. The Hall–Kier alpha value is -1.19. The van der Waals surface area contributed by atoms with Crippen LogP contribution in [-0.2, 0) is 6.54 Å². The van der Waals surface area contributed by atoms with Crippen LogP contribution in [0.4, 0.5) is 11.6 Å². The maximum Gasteiger partial charge on any atom is 0.207 e. The van der Waals surface area contributed by atoms with Gasteiger partial charge in [-0.05, 0) is 31.0 Å². The normalized spacial score (nSPS) is 10.7. The number of hydrogen-bond donors (Lipinski definition) is 1. The van der Waals surface area contributed by atoms with E-state index < -0.39 is 0 Å². The molecule has 0 amide bonds. The molecule has 0 atom stereocenters. The van der Waals surface area contributed by atoms with Crippen LogP contribution in [0.15, 0.2) is 24.5 Å². The van der Waals surface area contributed by atoms with Crippen molar-refractivity contribution in [2.75, 3.05) is 5.32 Å². The fourth-order valence-corrected chi connectivity index (χ4v) is 2.15. The summed E-state index contributed by atoms with van der Waals surface area (Å²) in [6.45, 7) is 4.97. The summed E-state index contributed by atoms with van der Waals surface area (Å²) in [7, 11) is 0. The quantitative estimate of drug-likeness (QED) is 0.885. The van der Waals surface area contributed by atoms with Crippen molar-refractivity contribution < 1.29 is 0 Å². The lowest BCUT2D eigenvalue weighted by Crippen LogP contribution is -2.03. The second-order valence-electron chi connectivity index (χ2n) is 4.15. The molecule has 96 valence electrons. The molecular formula is C13H15Cl2N3. The van der Waals surface area contributed by atoms with E-state index in [9.17, 15) is 0 Å². The number of anilines is 2. The van der Waals surface area contributed by atoms with Crippen molar-refractivity contribution in [1.82, 2.24) is 9.55 Å². The smallest absolute Gasteiger partial charge is 0.207 e. The van der Waals surface area contributed by atoms with E-state index in [0.717, 1.165) is 30.2 Å². The average molecular weight is 284 g/mol. The largest absolute Gasteiger partial charge is 0.324 e. The number of benzene rings is 1. The molecule has 0 aliphatic rings. The molecule has 0 spiro atoms. The van der Waals surface area contributed by atoms with E-state index in [4.69, 9.17) is 23.2 Å². The Morgan fingerprint density at radius 1 is 1.28 bits per heavy atom. The van der Waals surface area contributed by atoms with Gasteiger partial charge in [-0.2, -0.15) is 0 Å². The number of aryl methyl sites for hydroxylation is 2. The molecule has 1 heterocycles. The summed E-state index contributed by atoms with van der Waals surface area (Å²) in [6, 6.07) is 3.67. The van der Waals surface area contributed by atoms with Crippen molar-refractivity contribution >= 4 is 34.8 Å². The zero-order valence-corrected chi connectivity index (χ0v) is 11.9. The van der Waals surface area contributed by atoms with Crippen LogP contribution in [0.2, 0.25) is 10.0 Å². The highest BCUT2D eigenvalue weighted by molar-refractivity contribution is 6.35. The molecule has 1 aromatic carbocycles. The molecular weight excluding hydrogens is 269 g/mol. The molecule has 0 aliphatic carbocycles. The van der Waals surface area contributed by atoms with Crippen molar-refractivity contribution in [1.29, 1.82) is 0 Å². The van der Waals surface area contributed by atoms with Gasteiger partial charge in [0.1, 0.15) is 0 Å². The number of nitrogens with one attached hydrogen (secondary N) is 1. The number of rotatable bonds is 4. The van der Waals surface area contributed by atoms with Gasteiger partial charge >= 0.3 is 0 Å². The summed E-state index contributed by atoms with van der Waals surface area (Å²) in [6.07, 6.45) is 4.75. The van der Waals surface area contributed by atoms with Crippen LogP contribution in [0.5, 0.6) is 0 Å². The number of aromatic nitrogens is 2. The van der Waals surface area contributed by atoms with Gasteiger partial charge in [-0.1, -0.05) is 30.1 Å². The number of nitrogens with zero attached hydrogens (tertiary/aromatic N) is 2. The Morgan fingerprint density at radius 3 is 2.78 bits per heavy atom. The van der Waals surface area contributed by atoms with Gasteiger partial charge in [-0.15, -0.1) is 0 Å². The molecule has 0 saturated carbocycles. The highest BCUT2D eigenvalue weighted by atomic mass is 35.5. The molecule has 2 rings (SSSR count). The second-order valence-corrected chi connectivity index (χ2v) is 4.96. The van der Waals surface area contributed by atoms with Crippen molar-refractivity contribution in [2.24, 2.45) is 0 Å². The lowest BCUT2D eigenvalue weighted by Gasteiger charge is -2.11. The Bertz CT molecular complexity index is 549. The zero-order chi connectivity index (χ0) is 13.1. The van der Waals surface area contributed by atoms with E-state index in [1.165, 1.54) is 0 Å². The highest BCUT2D eigenvalue weighted by Crippen LogP contribution is 2.30. The Labute approximate surface area is 117 Å². The van der Waals surface area contributed by atoms with Crippen LogP contribution in [-0.4, -0.2) is 9.55 Å². The van der Waals surface area contributed by atoms with Crippen molar-refractivity contribution in [3.8, 4) is 0 Å². The van der Waals surface area contributed by atoms with Gasteiger partial charge in [0, 0.05) is 24.0 Å². The van der Waals surface area contributed by atoms with E-state index in [1.807, 2.05) is 29.8 Å². The molecule has 5 heteroatoms. The predicted octanol–water partition coefficient (Wildman–Crippen LogP) is 4.65. The van der Waals surface area contributed by atoms with Gasteiger partial charge < -0.3 is 9.88 Å². The second kappa shape index (κ2) is 5.63. The van der Waals surface area contributed by atoms with E-state index in [0.29, 0.717) is 10.0 Å². The van der Waals surface area contributed by atoms with Crippen molar-refractivity contribution in [3.63, 3.8) is 0 Å². The van der Waals surface area contributed by atoms with Crippen LogP contribution in [0, 0.1) is 6.92 Å². The molecule has 0 aliphatic heterocycles. The van der Waals surface area contributed by atoms with Crippen LogP contribution in [0.25, 0.3) is 0 Å². The van der Waals surface area contributed by atoms with Gasteiger partial charge in [-0.25, -0.2) is 4.98 Å². The average Bonchev–Trinajstić information content (AvgIpc) is 2.74. The van der Waals surface area contributed by atoms with E-state index in [2.05, 4.69) is 17.2 Å². The third kappa shape index (κ3) is 2.79. The van der Waals surface area contributed by atoms with Crippen LogP contribution >= 0.6 is 23.2 Å². The first kappa shape index (κ1) is 13.2. The molecule has 1 aromatic heterocycles. The zero-order valence-electron chi connectivity index (χ0n) is 10.4. The molecule has 2 aromatic rings. The Morgan fingerprint density at radius 2 is 2.06 bits per heavy atom. The van der Waals surface area contributed by atoms with Crippen molar-refractivity contribution in [2.45, 2.75) is 26.8 Å². The fourth-order valence-electron chi connectivity index (χ4n) is 1.72. The summed E-state index contributed by atoms with van der Waals surface area (Å²) in [5.41, 5.74) is 1.74. The van der Waals surface area contributed by atoms with E-state index in [1.54, 1.807) is 6.20 Å². The SMILES string of the molecule is CCCn1ccnc1Nc1cc(Cl)c(C)cc1Cl. The summed E-state index contributed by atoms with van der Waals surface area (Å²) in [5.74, 6) is 0.777. The monoisotopic (exact) mass is 283 g/mol. The minimum Gasteiger partial charge on any atom is -0.324 e. The summed E-state index contributed by atoms with van der Waals surface area (Å²) < 4.78 is 2.05. The molecule has 0 unspecified atom stereocenters. The third-order valence-corrected chi connectivity index (χ3v) is 3.39. The first-order valence-electron chi connectivity index (χ1n) is 5.85. The van der Waals surface area contributed by atoms with Crippen LogP contribution in [0.3, 0.4) is 0 Å². The first-order valence-corrected chi connectivity index (χ1v) is 6.61. The summed E-state index contributed by atoms with van der Waals surface area (Å²) in [5, 5.41) is 4.54. The van der Waals surface area contributed by atoms with Crippen molar-refractivity contribution in [3.05, 3.63) is 40.1 Å². The minimum atomic E-state index is 0.642. The minimum absolute atomic E-state index is 0.642. The lowest BCUT2D eigenvalue weighted by atomic mass is 10.2. The standard InChI is InChI=1S/C13H15Cl2N3/c1-3-5-18-6-4-16-13(18)17-12-8-10(14)9(2)7-11(12)15/h4,6-8H,3,5H2,1-2H3,(H,16,17). The Kier molecular flexibility index (Phi) is 4.15. The maximum atomic E-state index is 6.19. The molecule has 0 bridgehead atoms. The van der Waals surface area contributed by atoms with E-state index >= 15 is 0 Å². The molecule has 3 nitrogen and oxygen atoms in total. The number of imidazole rings is 1. The number of halogens is 2. The first-order chi connectivity index (χ1) is 8.61. The molecule has 1 N–H and O–H groups in total. The molecule has 0 radical (unpaired) electrons. The topological polar surface area (TPSA) is 29.9 Å². The number of hydrogen-bond acceptors (Lipinski definition) is 2. The molecule has 18 heavy (non-hydrogen) atoms. The van der Waals surface area contributed by atoms with Gasteiger partial charge in [0.2, 0.25) is 5.95 Å². The van der Waals surface area contributed by atoms with Crippen LogP contribution in [0.1, 0.15) is 18.9 Å². The maximum absolute atomic E-state index is 6.19. The Balaban J connectivity index is 2.28. The molecule has 0 fully saturated rings. The van der Waals surface area contributed by atoms with Gasteiger partial charge in [-0.3, -0.25) is 0 Å². The van der Waals surface area contributed by atoms with Gasteiger partial charge in [0.25, 0.3) is 0 Å². The predicted molar refractivity (Wildman–Crippen MR) is 77.0 cm³/mol. The fraction of sp³-hybridized carbons (Fsp3) is 0.308. The lowest BCUT2D eigenvalue weighted by molar-refractivity contribution is 0.686. The third-order valence-electron chi connectivity index (χ3n) is 2.67. The summed E-state index contributed by atoms with van der Waals surface area (Å²) >= 11 is 12.3. The van der Waals surface area contributed by atoms with Gasteiger partial charge in [0.05, 0.1) is 10.7 Å². The summed E-state index contributed by atoms with van der Waals surface area (Å²) in [4.78, 5) is 4.27. The highest BCUT2D eigenvalue weighted by Gasteiger charge is 2.08. The van der Waals surface area contributed by atoms with Crippen LogP contribution < -0.4 is 5.32 Å². The van der Waals surface area contributed by atoms with Gasteiger partial charge in [0.15, 0.2) is 0 Å².